The zero-order valence-electron chi connectivity index (χ0n) is 10.6. The highest BCUT2D eigenvalue weighted by atomic mass is 35.5. The number of piperazine rings is 1. The van der Waals surface area contributed by atoms with E-state index in [1.165, 1.54) is 0 Å². The van der Waals surface area contributed by atoms with Crippen LogP contribution in [0.3, 0.4) is 0 Å². The molecule has 1 aromatic carbocycles. The average Bonchev–Trinajstić information content (AvgIpc) is 2.40. The number of benzene rings is 1. The van der Waals surface area contributed by atoms with Crippen molar-refractivity contribution in [2.24, 2.45) is 0 Å². The summed E-state index contributed by atoms with van der Waals surface area (Å²) in [4.78, 5) is 4.69. The van der Waals surface area contributed by atoms with Gasteiger partial charge in [-0.15, -0.1) is 0 Å². The minimum atomic E-state index is 0.350. The van der Waals surface area contributed by atoms with Crippen molar-refractivity contribution in [2.45, 2.75) is 19.4 Å². The maximum atomic E-state index is 8.73. The van der Waals surface area contributed by atoms with E-state index >= 15 is 0 Å². The molecule has 3 nitrogen and oxygen atoms in total. The van der Waals surface area contributed by atoms with Crippen LogP contribution < -0.4 is 4.90 Å². The predicted molar refractivity (Wildman–Crippen MR) is 74.9 cm³/mol. The van der Waals surface area contributed by atoms with Crippen molar-refractivity contribution >= 4 is 17.3 Å². The number of hydrogen-bond acceptors (Lipinski definition) is 3. The molecule has 1 unspecified atom stereocenters. The van der Waals surface area contributed by atoms with Crippen molar-refractivity contribution in [2.75, 3.05) is 31.1 Å². The van der Waals surface area contributed by atoms with Gasteiger partial charge in [0.15, 0.2) is 0 Å². The summed E-state index contributed by atoms with van der Waals surface area (Å²) >= 11 is 6.21. The van der Waals surface area contributed by atoms with Gasteiger partial charge < -0.3 is 4.90 Å². The van der Waals surface area contributed by atoms with Crippen molar-refractivity contribution < 1.29 is 0 Å². The van der Waals surface area contributed by atoms with Gasteiger partial charge in [-0.3, -0.25) is 4.90 Å². The minimum absolute atomic E-state index is 0.350. The molecule has 1 saturated heterocycles. The Morgan fingerprint density at radius 1 is 1.28 bits per heavy atom. The van der Waals surface area contributed by atoms with Gasteiger partial charge in [0.25, 0.3) is 0 Å². The fourth-order valence-corrected chi connectivity index (χ4v) is 2.63. The Kier molecular flexibility index (Phi) is 4.46. The number of nitrogens with zero attached hydrogens (tertiary/aromatic N) is 3. The third kappa shape index (κ3) is 2.95. The lowest BCUT2D eigenvalue weighted by atomic mass is 10.1. The zero-order valence-corrected chi connectivity index (χ0v) is 11.4. The van der Waals surface area contributed by atoms with Crippen LogP contribution in [-0.2, 0) is 0 Å². The van der Waals surface area contributed by atoms with Crippen LogP contribution in [0.2, 0.25) is 5.02 Å². The fourth-order valence-electron chi connectivity index (χ4n) is 2.37. The Bertz CT molecular complexity index is 433. The van der Waals surface area contributed by atoms with Gasteiger partial charge in [0.1, 0.15) is 0 Å². The van der Waals surface area contributed by atoms with Crippen LogP contribution in [-0.4, -0.2) is 37.1 Å². The molecule has 1 heterocycles. The van der Waals surface area contributed by atoms with Gasteiger partial charge >= 0.3 is 0 Å². The van der Waals surface area contributed by atoms with E-state index in [2.05, 4.69) is 28.9 Å². The maximum Gasteiger partial charge on any atom is 0.0639 e. The van der Waals surface area contributed by atoms with Crippen molar-refractivity contribution in [1.29, 1.82) is 5.26 Å². The third-order valence-corrected chi connectivity index (χ3v) is 3.84. The Labute approximate surface area is 114 Å². The predicted octanol–water partition coefficient (Wildman–Crippen LogP) is 2.76. The summed E-state index contributed by atoms with van der Waals surface area (Å²) < 4.78 is 0. The van der Waals surface area contributed by atoms with Gasteiger partial charge in [-0.05, 0) is 19.1 Å². The monoisotopic (exact) mass is 263 g/mol. The summed E-state index contributed by atoms with van der Waals surface area (Å²) in [6.07, 6.45) is 0.603. The average molecular weight is 264 g/mol. The van der Waals surface area contributed by atoms with E-state index < -0.39 is 0 Å². The first-order valence-electron chi connectivity index (χ1n) is 6.33. The Morgan fingerprint density at radius 2 is 1.94 bits per heavy atom. The van der Waals surface area contributed by atoms with E-state index in [0.717, 1.165) is 36.9 Å². The molecule has 2 rings (SSSR count). The topological polar surface area (TPSA) is 30.3 Å². The molecular formula is C14H18ClN3. The van der Waals surface area contributed by atoms with Gasteiger partial charge in [-0.1, -0.05) is 23.7 Å². The van der Waals surface area contributed by atoms with Crippen molar-refractivity contribution in [3.63, 3.8) is 0 Å². The van der Waals surface area contributed by atoms with Gasteiger partial charge in [0, 0.05) is 32.2 Å². The molecule has 0 bridgehead atoms. The van der Waals surface area contributed by atoms with Gasteiger partial charge in [-0.2, -0.15) is 5.26 Å². The van der Waals surface area contributed by atoms with Crippen molar-refractivity contribution in [3.8, 4) is 6.07 Å². The van der Waals surface area contributed by atoms with Crippen LogP contribution in [0, 0.1) is 11.3 Å². The largest absolute Gasteiger partial charge is 0.368 e. The summed E-state index contributed by atoms with van der Waals surface area (Å²) in [7, 11) is 0. The van der Waals surface area contributed by atoms with Crippen LogP contribution in [0.25, 0.3) is 0 Å². The van der Waals surface area contributed by atoms with Crippen molar-refractivity contribution in [1.82, 2.24) is 4.90 Å². The summed E-state index contributed by atoms with van der Waals surface area (Å²) in [6, 6.07) is 10.6. The molecule has 0 aliphatic carbocycles. The van der Waals surface area contributed by atoms with E-state index in [9.17, 15) is 0 Å². The Morgan fingerprint density at radius 3 is 2.56 bits per heavy atom. The second-order valence-electron chi connectivity index (χ2n) is 4.69. The number of nitriles is 1. The highest BCUT2D eigenvalue weighted by Crippen LogP contribution is 2.26. The van der Waals surface area contributed by atoms with E-state index in [1.54, 1.807) is 0 Å². The molecule has 1 aliphatic rings. The van der Waals surface area contributed by atoms with E-state index in [1.807, 2.05) is 18.2 Å². The summed E-state index contributed by atoms with van der Waals surface area (Å²) in [5.74, 6) is 0. The third-order valence-electron chi connectivity index (χ3n) is 3.52. The van der Waals surface area contributed by atoms with Crippen LogP contribution in [0.5, 0.6) is 0 Å². The van der Waals surface area contributed by atoms with E-state index in [-0.39, 0.29) is 0 Å². The standard InChI is InChI=1S/C14H18ClN3/c1-12(6-7-16)17-8-10-18(11-9-17)14-5-3-2-4-13(14)15/h2-5,12H,6,8-11H2,1H3. The molecule has 1 aromatic rings. The summed E-state index contributed by atoms with van der Waals surface area (Å²) in [5.41, 5.74) is 1.12. The number of anilines is 1. The normalized spacial score (nSPS) is 18.4. The second-order valence-corrected chi connectivity index (χ2v) is 5.09. The number of para-hydroxylation sites is 1. The first-order valence-corrected chi connectivity index (χ1v) is 6.70. The maximum absolute atomic E-state index is 8.73. The van der Waals surface area contributed by atoms with Crippen LogP contribution >= 0.6 is 11.6 Å². The minimum Gasteiger partial charge on any atom is -0.368 e. The van der Waals surface area contributed by atoms with Crippen LogP contribution in [0.4, 0.5) is 5.69 Å². The number of hydrogen-bond donors (Lipinski definition) is 0. The molecular weight excluding hydrogens is 246 g/mol. The number of halogens is 1. The summed E-state index contributed by atoms with van der Waals surface area (Å²) in [6.45, 7) is 6.05. The molecule has 0 saturated carbocycles. The number of rotatable bonds is 3. The molecule has 4 heteroatoms. The smallest absolute Gasteiger partial charge is 0.0639 e. The molecule has 1 aliphatic heterocycles. The van der Waals surface area contributed by atoms with Crippen LogP contribution in [0.1, 0.15) is 13.3 Å². The Balaban J connectivity index is 1.95. The lowest BCUT2D eigenvalue weighted by Gasteiger charge is -2.38. The molecule has 0 N–H and O–H groups in total. The lowest BCUT2D eigenvalue weighted by Crippen LogP contribution is -2.49. The quantitative estimate of drug-likeness (QED) is 0.840. The molecule has 0 radical (unpaired) electrons. The molecule has 0 spiro atoms. The van der Waals surface area contributed by atoms with Crippen molar-refractivity contribution in [3.05, 3.63) is 29.3 Å². The zero-order chi connectivity index (χ0) is 13.0. The van der Waals surface area contributed by atoms with Gasteiger partial charge in [-0.25, -0.2) is 0 Å². The first-order chi connectivity index (χ1) is 8.72. The summed E-state index contributed by atoms with van der Waals surface area (Å²) in [5, 5.41) is 9.54. The van der Waals surface area contributed by atoms with Gasteiger partial charge in [0.05, 0.1) is 23.2 Å². The molecule has 1 fully saturated rings. The molecule has 96 valence electrons. The SMILES string of the molecule is CC(CC#N)N1CCN(c2ccccc2Cl)CC1. The fraction of sp³-hybridized carbons (Fsp3) is 0.500. The Hall–Kier alpha value is -1.24. The second kappa shape index (κ2) is 6.08. The molecule has 0 amide bonds. The lowest BCUT2D eigenvalue weighted by molar-refractivity contribution is 0.199. The first kappa shape index (κ1) is 13.2. The van der Waals surface area contributed by atoms with E-state index in [0.29, 0.717) is 12.5 Å². The molecule has 1 atom stereocenters. The highest BCUT2D eigenvalue weighted by molar-refractivity contribution is 6.33. The van der Waals surface area contributed by atoms with E-state index in [4.69, 9.17) is 16.9 Å². The molecule has 0 aromatic heterocycles. The van der Waals surface area contributed by atoms with Crippen LogP contribution in [0.15, 0.2) is 24.3 Å². The molecule has 18 heavy (non-hydrogen) atoms. The van der Waals surface area contributed by atoms with Gasteiger partial charge in [0.2, 0.25) is 0 Å². The highest BCUT2D eigenvalue weighted by Gasteiger charge is 2.21.